The Hall–Kier alpha value is -4.19. The van der Waals surface area contributed by atoms with Gasteiger partial charge in [0.2, 0.25) is 5.91 Å². The van der Waals surface area contributed by atoms with Gasteiger partial charge < -0.3 is 14.2 Å². The van der Waals surface area contributed by atoms with Gasteiger partial charge in [-0.05, 0) is 49.2 Å². The summed E-state index contributed by atoms with van der Waals surface area (Å²) in [5.41, 5.74) is 4.14. The van der Waals surface area contributed by atoms with Gasteiger partial charge in [-0.15, -0.1) is 0 Å². The summed E-state index contributed by atoms with van der Waals surface area (Å²) in [6, 6.07) is 24.8. The van der Waals surface area contributed by atoms with Crippen molar-refractivity contribution < 1.29 is 14.0 Å². The molecule has 2 atom stereocenters. The third-order valence-electron chi connectivity index (χ3n) is 6.55. The predicted molar refractivity (Wildman–Crippen MR) is 136 cm³/mol. The van der Waals surface area contributed by atoms with Crippen LogP contribution in [0.15, 0.2) is 95.9 Å². The fraction of sp³-hybridized carbons (Fsp3) is 0.207. The maximum atomic E-state index is 13.7. The van der Waals surface area contributed by atoms with Crippen LogP contribution in [-0.2, 0) is 4.79 Å². The summed E-state index contributed by atoms with van der Waals surface area (Å²) < 4.78 is 5.36. The van der Waals surface area contributed by atoms with Crippen molar-refractivity contribution in [3.05, 3.63) is 103 Å². The lowest BCUT2D eigenvalue weighted by atomic mass is 9.89. The van der Waals surface area contributed by atoms with Gasteiger partial charge in [0, 0.05) is 35.0 Å². The Kier molecular flexibility index (Phi) is 6.19. The second-order valence-corrected chi connectivity index (χ2v) is 8.73. The first kappa shape index (κ1) is 22.6. The van der Waals surface area contributed by atoms with E-state index in [0.29, 0.717) is 24.2 Å². The molecule has 2 heterocycles. The summed E-state index contributed by atoms with van der Waals surface area (Å²) >= 11 is 0. The van der Waals surface area contributed by atoms with Crippen LogP contribution in [0.4, 0.5) is 11.4 Å². The highest BCUT2D eigenvalue weighted by Crippen LogP contribution is 2.43. The van der Waals surface area contributed by atoms with Gasteiger partial charge in [-0.2, -0.15) is 0 Å². The molecule has 35 heavy (non-hydrogen) atoms. The van der Waals surface area contributed by atoms with Gasteiger partial charge in [0.15, 0.2) is 12.2 Å². The van der Waals surface area contributed by atoms with Crippen molar-refractivity contribution in [3.63, 3.8) is 0 Å². The van der Waals surface area contributed by atoms with Gasteiger partial charge in [0.1, 0.15) is 0 Å². The third kappa shape index (κ3) is 4.23. The minimum Gasteiger partial charge on any atom is -0.444 e. The zero-order valence-electron chi connectivity index (χ0n) is 19.8. The molecule has 1 aliphatic rings. The van der Waals surface area contributed by atoms with E-state index in [1.165, 1.54) is 6.39 Å². The van der Waals surface area contributed by atoms with E-state index in [4.69, 9.17) is 4.42 Å². The van der Waals surface area contributed by atoms with Crippen molar-refractivity contribution in [2.24, 2.45) is 0 Å². The van der Waals surface area contributed by atoms with Crippen LogP contribution in [0.25, 0.3) is 11.3 Å². The molecule has 2 amide bonds. The molecule has 0 saturated carbocycles. The number of rotatable bonds is 5. The van der Waals surface area contributed by atoms with Crippen LogP contribution in [0, 0.1) is 0 Å². The van der Waals surface area contributed by atoms with Crippen LogP contribution in [0.2, 0.25) is 0 Å². The topological polar surface area (TPSA) is 66.7 Å². The van der Waals surface area contributed by atoms with Crippen molar-refractivity contribution in [1.82, 2.24) is 4.98 Å². The number of amides is 2. The number of carbonyl (C=O) groups excluding carboxylic acids is 2. The van der Waals surface area contributed by atoms with E-state index in [0.717, 1.165) is 22.5 Å². The minimum atomic E-state index is -0.158. The first-order valence-corrected chi connectivity index (χ1v) is 11.9. The van der Waals surface area contributed by atoms with E-state index in [2.05, 4.69) is 4.98 Å². The van der Waals surface area contributed by atoms with Gasteiger partial charge in [0.05, 0.1) is 12.2 Å². The SMILES string of the molecule is CCC(=O)N(c1ccccc1)[C@@H]1C[C@H](C)N(C(=O)c2ccc(-c3cnco3)cc2)c2ccccc21. The van der Waals surface area contributed by atoms with E-state index in [9.17, 15) is 9.59 Å². The van der Waals surface area contributed by atoms with E-state index in [-0.39, 0.29) is 23.9 Å². The molecule has 0 radical (unpaired) electrons. The molecule has 0 aliphatic carbocycles. The lowest BCUT2D eigenvalue weighted by molar-refractivity contribution is -0.118. The quantitative estimate of drug-likeness (QED) is 0.349. The second-order valence-electron chi connectivity index (χ2n) is 8.73. The smallest absolute Gasteiger partial charge is 0.258 e. The van der Waals surface area contributed by atoms with Gasteiger partial charge in [0.25, 0.3) is 5.91 Å². The molecule has 6 heteroatoms. The average molecular weight is 466 g/mol. The standard InChI is InChI=1S/C29H27N3O3/c1-3-28(33)32(23-9-5-4-6-10-23)26-17-20(2)31(25-12-8-7-11-24(25)26)29(34)22-15-13-21(14-16-22)27-18-30-19-35-27/h4-16,18-20,26H,3,17H2,1-2H3/t20-,26+/m0/s1. The first-order chi connectivity index (χ1) is 17.1. The van der Waals surface area contributed by atoms with Crippen LogP contribution >= 0.6 is 0 Å². The molecule has 1 aromatic heterocycles. The van der Waals surface area contributed by atoms with Crippen LogP contribution in [0.5, 0.6) is 0 Å². The Morgan fingerprint density at radius 1 is 1.00 bits per heavy atom. The maximum Gasteiger partial charge on any atom is 0.258 e. The van der Waals surface area contributed by atoms with Crippen molar-refractivity contribution in [2.45, 2.75) is 38.8 Å². The van der Waals surface area contributed by atoms with E-state index in [1.807, 2.05) is 103 Å². The normalized spacial score (nSPS) is 17.0. The Morgan fingerprint density at radius 3 is 2.40 bits per heavy atom. The molecule has 0 bridgehead atoms. The first-order valence-electron chi connectivity index (χ1n) is 11.9. The van der Waals surface area contributed by atoms with Crippen LogP contribution in [0.3, 0.4) is 0 Å². The van der Waals surface area contributed by atoms with Crippen molar-refractivity contribution in [2.75, 3.05) is 9.80 Å². The maximum absolute atomic E-state index is 13.7. The van der Waals surface area contributed by atoms with Gasteiger partial charge in [-0.1, -0.05) is 55.5 Å². The highest BCUT2D eigenvalue weighted by atomic mass is 16.3. The number of hydrogen-bond donors (Lipinski definition) is 0. The Labute approximate surface area is 204 Å². The number of oxazole rings is 1. The molecule has 5 rings (SSSR count). The minimum absolute atomic E-state index is 0.0611. The monoisotopic (exact) mass is 465 g/mol. The van der Waals surface area contributed by atoms with Crippen LogP contribution in [0.1, 0.15) is 48.7 Å². The number of benzene rings is 3. The number of aromatic nitrogens is 1. The van der Waals surface area contributed by atoms with E-state index >= 15 is 0 Å². The summed E-state index contributed by atoms with van der Waals surface area (Å²) in [6.07, 6.45) is 4.08. The second kappa shape index (κ2) is 9.58. The fourth-order valence-electron chi connectivity index (χ4n) is 4.87. The molecule has 0 fully saturated rings. The number of carbonyl (C=O) groups is 2. The van der Waals surface area contributed by atoms with Crippen molar-refractivity contribution >= 4 is 23.2 Å². The van der Waals surface area contributed by atoms with Gasteiger partial charge in [-0.25, -0.2) is 4.98 Å². The van der Waals surface area contributed by atoms with E-state index < -0.39 is 0 Å². The lowest BCUT2D eigenvalue weighted by Crippen LogP contribution is -2.47. The Bertz CT molecular complexity index is 1320. The molecule has 0 spiro atoms. The zero-order valence-corrected chi connectivity index (χ0v) is 19.8. The van der Waals surface area contributed by atoms with Crippen LogP contribution in [-0.4, -0.2) is 22.8 Å². The van der Waals surface area contributed by atoms with Crippen molar-refractivity contribution in [3.8, 4) is 11.3 Å². The van der Waals surface area contributed by atoms with Crippen LogP contribution < -0.4 is 9.80 Å². The predicted octanol–water partition coefficient (Wildman–Crippen LogP) is 6.26. The number of fused-ring (bicyclic) bond motifs is 1. The molecule has 0 N–H and O–H groups in total. The van der Waals surface area contributed by atoms with Crippen molar-refractivity contribution in [1.29, 1.82) is 0 Å². The summed E-state index contributed by atoms with van der Waals surface area (Å²) in [4.78, 5) is 34.5. The summed E-state index contributed by atoms with van der Waals surface area (Å²) in [7, 11) is 0. The van der Waals surface area contributed by atoms with Gasteiger partial charge in [-0.3, -0.25) is 9.59 Å². The zero-order chi connectivity index (χ0) is 24.4. The molecule has 4 aromatic rings. The number of hydrogen-bond acceptors (Lipinski definition) is 4. The summed E-state index contributed by atoms with van der Waals surface area (Å²) in [6.45, 7) is 3.93. The average Bonchev–Trinajstić information content (AvgIpc) is 3.44. The van der Waals surface area contributed by atoms with Gasteiger partial charge >= 0.3 is 0 Å². The number of anilines is 2. The molecule has 6 nitrogen and oxygen atoms in total. The fourth-order valence-corrected chi connectivity index (χ4v) is 4.87. The third-order valence-corrected chi connectivity index (χ3v) is 6.55. The molecular formula is C29H27N3O3. The molecule has 0 unspecified atom stereocenters. The summed E-state index contributed by atoms with van der Waals surface area (Å²) in [5, 5.41) is 0. The number of nitrogens with zero attached hydrogens (tertiary/aromatic N) is 3. The highest BCUT2D eigenvalue weighted by molar-refractivity contribution is 6.07. The molecule has 1 aliphatic heterocycles. The molecule has 0 saturated heterocycles. The summed E-state index contributed by atoms with van der Waals surface area (Å²) in [5.74, 6) is 0.650. The Balaban J connectivity index is 1.51. The lowest BCUT2D eigenvalue weighted by Gasteiger charge is -2.43. The molecular weight excluding hydrogens is 438 g/mol. The molecule has 3 aromatic carbocycles. The Morgan fingerprint density at radius 2 is 1.71 bits per heavy atom. The highest BCUT2D eigenvalue weighted by Gasteiger charge is 2.38. The number of para-hydroxylation sites is 2. The molecule has 176 valence electrons. The largest absolute Gasteiger partial charge is 0.444 e. The van der Waals surface area contributed by atoms with E-state index in [1.54, 1.807) is 6.20 Å².